The third kappa shape index (κ3) is 2.54. The van der Waals surface area contributed by atoms with Crippen molar-refractivity contribution in [3.05, 3.63) is 57.3 Å². The van der Waals surface area contributed by atoms with Crippen LogP contribution in [0.5, 0.6) is 11.6 Å². The van der Waals surface area contributed by atoms with Gasteiger partial charge >= 0.3 is 5.69 Å². The molecule has 1 aliphatic carbocycles. The molecule has 0 amide bonds. The van der Waals surface area contributed by atoms with Crippen LogP contribution in [0.2, 0.25) is 0 Å². The van der Waals surface area contributed by atoms with Crippen LogP contribution in [0.4, 0.5) is 5.69 Å². The lowest BCUT2D eigenvalue weighted by molar-refractivity contribution is -0.385. The maximum absolute atomic E-state index is 10.8. The Kier molecular flexibility index (Phi) is 3.24. The van der Waals surface area contributed by atoms with Gasteiger partial charge in [-0.05, 0) is 42.5 Å². The second-order valence-electron chi connectivity index (χ2n) is 4.77. The van der Waals surface area contributed by atoms with Gasteiger partial charge in [-0.25, -0.2) is 0 Å². The summed E-state index contributed by atoms with van der Waals surface area (Å²) >= 11 is 0. The van der Waals surface area contributed by atoms with Crippen molar-refractivity contribution in [1.82, 2.24) is 4.98 Å². The predicted octanol–water partition coefficient (Wildman–Crippen LogP) is 3.14. The molecule has 21 heavy (non-hydrogen) atoms. The van der Waals surface area contributed by atoms with Crippen LogP contribution >= 0.6 is 0 Å². The standard InChI is InChI=1S/C15H11N3O3/c16-9-13-14(18(19)20)6-7-15(17-13)21-12-5-4-10-2-1-3-11(10)8-12/h4-8H,1-3H2. The summed E-state index contributed by atoms with van der Waals surface area (Å²) in [6, 6.07) is 10.2. The van der Waals surface area contributed by atoms with Gasteiger partial charge < -0.3 is 4.74 Å². The maximum Gasteiger partial charge on any atom is 0.305 e. The van der Waals surface area contributed by atoms with Crippen LogP contribution in [0.25, 0.3) is 0 Å². The number of hydrogen-bond acceptors (Lipinski definition) is 5. The van der Waals surface area contributed by atoms with Crippen LogP contribution in [-0.2, 0) is 12.8 Å². The highest BCUT2D eigenvalue weighted by Crippen LogP contribution is 2.29. The molecular weight excluding hydrogens is 270 g/mol. The van der Waals surface area contributed by atoms with Gasteiger partial charge in [0.15, 0.2) is 0 Å². The van der Waals surface area contributed by atoms with Crippen molar-refractivity contribution < 1.29 is 9.66 Å². The van der Waals surface area contributed by atoms with E-state index in [0.717, 1.165) is 19.3 Å². The summed E-state index contributed by atoms with van der Waals surface area (Å²) in [7, 11) is 0. The van der Waals surface area contributed by atoms with Crippen LogP contribution in [0.15, 0.2) is 30.3 Å². The molecule has 2 aromatic rings. The van der Waals surface area contributed by atoms with Crippen LogP contribution < -0.4 is 4.74 Å². The summed E-state index contributed by atoms with van der Waals surface area (Å²) in [5, 5.41) is 19.7. The Balaban J connectivity index is 1.88. The second kappa shape index (κ2) is 5.21. The zero-order chi connectivity index (χ0) is 14.8. The van der Waals surface area contributed by atoms with Gasteiger partial charge in [0.05, 0.1) is 4.92 Å². The van der Waals surface area contributed by atoms with Gasteiger partial charge in [0.1, 0.15) is 11.8 Å². The van der Waals surface area contributed by atoms with E-state index in [0.29, 0.717) is 5.75 Å². The SMILES string of the molecule is N#Cc1nc(Oc2ccc3c(c2)CCC3)ccc1[N+](=O)[O-]. The number of rotatable bonds is 3. The highest BCUT2D eigenvalue weighted by Gasteiger charge is 2.17. The minimum Gasteiger partial charge on any atom is -0.439 e. The number of aryl methyl sites for hydroxylation is 2. The lowest BCUT2D eigenvalue weighted by Gasteiger charge is -2.07. The van der Waals surface area contributed by atoms with Crippen molar-refractivity contribution in [2.45, 2.75) is 19.3 Å². The predicted molar refractivity (Wildman–Crippen MR) is 74.1 cm³/mol. The van der Waals surface area contributed by atoms with Crippen molar-refractivity contribution in [1.29, 1.82) is 5.26 Å². The van der Waals surface area contributed by atoms with E-state index in [9.17, 15) is 10.1 Å². The Bertz CT molecular complexity index is 765. The lowest BCUT2D eigenvalue weighted by Crippen LogP contribution is -1.97. The summed E-state index contributed by atoms with van der Waals surface area (Å²) in [6.07, 6.45) is 3.26. The largest absolute Gasteiger partial charge is 0.439 e. The third-order valence-corrected chi connectivity index (χ3v) is 3.44. The molecule has 6 nitrogen and oxygen atoms in total. The van der Waals surface area contributed by atoms with E-state index >= 15 is 0 Å². The topological polar surface area (TPSA) is 89.0 Å². The van der Waals surface area contributed by atoms with Gasteiger partial charge in [0.2, 0.25) is 11.6 Å². The summed E-state index contributed by atoms with van der Waals surface area (Å²) < 4.78 is 5.60. The van der Waals surface area contributed by atoms with Gasteiger partial charge in [-0.1, -0.05) is 6.07 Å². The number of benzene rings is 1. The molecular formula is C15H11N3O3. The lowest BCUT2D eigenvalue weighted by atomic mass is 10.1. The molecule has 0 atom stereocenters. The molecule has 0 saturated carbocycles. The molecule has 6 heteroatoms. The van der Waals surface area contributed by atoms with Crippen molar-refractivity contribution in [2.75, 3.05) is 0 Å². The number of aromatic nitrogens is 1. The molecule has 1 aromatic heterocycles. The first-order chi connectivity index (χ1) is 10.2. The van der Waals surface area contributed by atoms with Gasteiger partial charge in [0.25, 0.3) is 0 Å². The molecule has 0 saturated heterocycles. The van der Waals surface area contributed by atoms with Gasteiger partial charge in [-0.3, -0.25) is 10.1 Å². The Morgan fingerprint density at radius 2 is 2.05 bits per heavy atom. The Labute approximate surface area is 120 Å². The van der Waals surface area contributed by atoms with Crippen molar-refractivity contribution in [3.63, 3.8) is 0 Å². The third-order valence-electron chi connectivity index (χ3n) is 3.44. The van der Waals surface area contributed by atoms with Crippen molar-refractivity contribution in [3.8, 4) is 17.7 Å². The maximum atomic E-state index is 10.8. The van der Waals surface area contributed by atoms with Crippen LogP contribution in [-0.4, -0.2) is 9.91 Å². The van der Waals surface area contributed by atoms with Crippen molar-refractivity contribution in [2.24, 2.45) is 0 Å². The molecule has 1 aliphatic rings. The zero-order valence-electron chi connectivity index (χ0n) is 11.1. The number of fused-ring (bicyclic) bond motifs is 1. The summed E-state index contributed by atoms with van der Waals surface area (Å²) in [6.45, 7) is 0. The molecule has 0 unspecified atom stereocenters. The minimum atomic E-state index is -0.634. The number of nitro groups is 1. The molecule has 3 rings (SSSR count). The number of hydrogen-bond donors (Lipinski definition) is 0. The molecule has 1 heterocycles. The molecule has 0 radical (unpaired) electrons. The normalized spacial score (nSPS) is 12.5. The van der Waals surface area contributed by atoms with Crippen LogP contribution in [0, 0.1) is 21.4 Å². The monoisotopic (exact) mass is 281 g/mol. The Hall–Kier alpha value is -2.94. The number of nitrogens with zero attached hydrogens (tertiary/aromatic N) is 3. The number of ether oxygens (including phenoxy) is 1. The van der Waals surface area contributed by atoms with Gasteiger partial charge in [0, 0.05) is 12.1 Å². The average molecular weight is 281 g/mol. The zero-order valence-corrected chi connectivity index (χ0v) is 11.1. The fraction of sp³-hybridized carbons (Fsp3) is 0.200. The summed E-state index contributed by atoms with van der Waals surface area (Å²) in [5.41, 5.74) is 2.02. The molecule has 1 aromatic carbocycles. The second-order valence-corrected chi connectivity index (χ2v) is 4.77. The molecule has 0 N–H and O–H groups in total. The first-order valence-corrected chi connectivity index (χ1v) is 6.52. The first kappa shape index (κ1) is 13.1. The Morgan fingerprint density at radius 3 is 2.81 bits per heavy atom. The Morgan fingerprint density at radius 1 is 1.24 bits per heavy atom. The first-order valence-electron chi connectivity index (χ1n) is 6.52. The van der Waals surface area contributed by atoms with E-state index in [1.54, 1.807) is 6.07 Å². The van der Waals surface area contributed by atoms with E-state index in [4.69, 9.17) is 10.00 Å². The summed E-state index contributed by atoms with van der Waals surface area (Å²) in [5.74, 6) is 0.802. The van der Waals surface area contributed by atoms with Crippen LogP contribution in [0.3, 0.4) is 0 Å². The molecule has 0 spiro atoms. The fourth-order valence-corrected chi connectivity index (χ4v) is 2.45. The van der Waals surface area contributed by atoms with E-state index in [2.05, 4.69) is 4.98 Å². The summed E-state index contributed by atoms with van der Waals surface area (Å²) in [4.78, 5) is 14.0. The number of pyridine rings is 1. The molecule has 104 valence electrons. The van der Waals surface area contributed by atoms with Crippen LogP contribution in [0.1, 0.15) is 23.2 Å². The molecule has 0 fully saturated rings. The average Bonchev–Trinajstić information content (AvgIpc) is 2.94. The smallest absolute Gasteiger partial charge is 0.305 e. The molecule has 0 aliphatic heterocycles. The minimum absolute atomic E-state index is 0.176. The highest BCUT2D eigenvalue weighted by atomic mass is 16.6. The van der Waals surface area contributed by atoms with Gasteiger partial charge in [-0.2, -0.15) is 10.2 Å². The van der Waals surface area contributed by atoms with E-state index in [-0.39, 0.29) is 17.3 Å². The highest BCUT2D eigenvalue weighted by molar-refractivity contribution is 5.46. The van der Waals surface area contributed by atoms with E-state index < -0.39 is 4.92 Å². The van der Waals surface area contributed by atoms with Gasteiger partial charge in [-0.15, -0.1) is 0 Å². The molecule has 0 bridgehead atoms. The van der Waals surface area contributed by atoms with Crippen molar-refractivity contribution >= 4 is 5.69 Å². The number of nitriles is 1. The quantitative estimate of drug-likeness (QED) is 0.636. The van der Waals surface area contributed by atoms with E-state index in [1.807, 2.05) is 18.2 Å². The fourth-order valence-electron chi connectivity index (χ4n) is 2.45. The van der Waals surface area contributed by atoms with E-state index in [1.165, 1.54) is 23.3 Å².